The fourth-order valence-corrected chi connectivity index (χ4v) is 1.14. The number of allylic oxidation sites excluding steroid dienone is 1. The Morgan fingerprint density at radius 3 is 2.50 bits per heavy atom. The van der Waals surface area contributed by atoms with Gasteiger partial charge in [-0.3, -0.25) is 9.79 Å². The molecule has 4 heteroatoms. The highest BCUT2D eigenvalue weighted by molar-refractivity contribution is 6.01. The van der Waals surface area contributed by atoms with Crippen molar-refractivity contribution in [3.05, 3.63) is 47.7 Å². The first-order valence-electron chi connectivity index (χ1n) is 4.91. The highest BCUT2D eigenvalue weighted by atomic mass is 16.1. The van der Waals surface area contributed by atoms with Crippen molar-refractivity contribution in [1.29, 1.82) is 0 Å². The van der Waals surface area contributed by atoms with E-state index in [1.54, 1.807) is 6.92 Å². The van der Waals surface area contributed by atoms with Crippen LogP contribution in [0.5, 0.6) is 0 Å². The maximum Gasteiger partial charge on any atom is 0.264 e. The van der Waals surface area contributed by atoms with Crippen LogP contribution < -0.4 is 11.5 Å². The minimum Gasteiger partial charge on any atom is -0.394 e. The average molecular weight is 217 g/mol. The van der Waals surface area contributed by atoms with E-state index in [0.29, 0.717) is 12.3 Å². The minimum absolute atomic E-state index is 0.0225. The summed E-state index contributed by atoms with van der Waals surface area (Å²) in [6, 6.07) is 9.82. The number of primary amides is 1. The zero-order chi connectivity index (χ0) is 12.0. The van der Waals surface area contributed by atoms with Gasteiger partial charge in [0, 0.05) is 5.71 Å². The van der Waals surface area contributed by atoms with E-state index in [1.807, 2.05) is 30.3 Å². The molecule has 0 fully saturated rings. The van der Waals surface area contributed by atoms with Gasteiger partial charge in [0.2, 0.25) is 0 Å². The van der Waals surface area contributed by atoms with Crippen LogP contribution in [0.2, 0.25) is 0 Å². The Labute approximate surface area is 94.7 Å². The Hall–Kier alpha value is -2.10. The monoisotopic (exact) mass is 217 g/mol. The fourth-order valence-electron chi connectivity index (χ4n) is 1.14. The molecule has 0 saturated carbocycles. The molecule has 0 bridgehead atoms. The molecule has 0 radical (unpaired) electrons. The largest absolute Gasteiger partial charge is 0.394 e. The Morgan fingerprint density at radius 2 is 1.94 bits per heavy atom. The smallest absolute Gasteiger partial charge is 0.264 e. The third-order valence-electron chi connectivity index (χ3n) is 2.00. The topological polar surface area (TPSA) is 81.5 Å². The molecular weight excluding hydrogens is 202 g/mol. The van der Waals surface area contributed by atoms with E-state index in [4.69, 9.17) is 11.5 Å². The lowest BCUT2D eigenvalue weighted by Gasteiger charge is -1.98. The van der Waals surface area contributed by atoms with Gasteiger partial charge in [0.15, 0.2) is 0 Å². The molecule has 16 heavy (non-hydrogen) atoms. The SMILES string of the molecule is CC(C=C(N)C(N)=O)=NCc1ccccc1. The standard InChI is InChI=1S/C12H15N3O/c1-9(7-11(13)12(14)16)15-8-10-5-3-2-4-6-10/h2-7H,8,13H2,1H3,(H2,14,16). The lowest BCUT2D eigenvalue weighted by molar-refractivity contribution is -0.114. The van der Waals surface area contributed by atoms with Crippen molar-refractivity contribution in [3.63, 3.8) is 0 Å². The minimum atomic E-state index is -0.630. The van der Waals surface area contributed by atoms with Gasteiger partial charge in [-0.05, 0) is 18.6 Å². The number of carbonyl (C=O) groups excluding carboxylic acids is 1. The predicted molar refractivity (Wildman–Crippen MR) is 64.7 cm³/mol. The molecular formula is C12H15N3O. The first-order chi connectivity index (χ1) is 7.59. The van der Waals surface area contributed by atoms with Crippen LogP contribution in [0.25, 0.3) is 0 Å². The van der Waals surface area contributed by atoms with Gasteiger partial charge in [-0.2, -0.15) is 0 Å². The molecule has 0 aliphatic heterocycles. The number of hydrogen-bond donors (Lipinski definition) is 2. The van der Waals surface area contributed by atoms with Crippen LogP contribution in [-0.4, -0.2) is 11.6 Å². The van der Waals surface area contributed by atoms with Crippen molar-refractivity contribution >= 4 is 11.6 Å². The van der Waals surface area contributed by atoms with Crippen LogP contribution in [0.15, 0.2) is 47.1 Å². The van der Waals surface area contributed by atoms with Gasteiger partial charge >= 0.3 is 0 Å². The van der Waals surface area contributed by atoms with Crippen LogP contribution in [0.4, 0.5) is 0 Å². The summed E-state index contributed by atoms with van der Waals surface area (Å²) in [5.74, 6) is -0.630. The van der Waals surface area contributed by atoms with Gasteiger partial charge < -0.3 is 11.5 Å². The number of benzene rings is 1. The van der Waals surface area contributed by atoms with E-state index >= 15 is 0 Å². The molecule has 0 aromatic heterocycles. The van der Waals surface area contributed by atoms with Crippen molar-refractivity contribution in [2.24, 2.45) is 16.5 Å². The summed E-state index contributed by atoms with van der Waals surface area (Å²) in [6.45, 7) is 2.34. The van der Waals surface area contributed by atoms with Crippen molar-refractivity contribution in [1.82, 2.24) is 0 Å². The van der Waals surface area contributed by atoms with Crippen molar-refractivity contribution in [3.8, 4) is 0 Å². The van der Waals surface area contributed by atoms with Gasteiger partial charge in [-0.15, -0.1) is 0 Å². The fraction of sp³-hybridized carbons (Fsp3) is 0.167. The highest BCUT2D eigenvalue weighted by Gasteiger charge is 1.98. The van der Waals surface area contributed by atoms with Crippen LogP contribution in [-0.2, 0) is 11.3 Å². The maximum absolute atomic E-state index is 10.7. The van der Waals surface area contributed by atoms with Gasteiger partial charge in [-0.1, -0.05) is 30.3 Å². The van der Waals surface area contributed by atoms with E-state index in [-0.39, 0.29) is 5.70 Å². The van der Waals surface area contributed by atoms with E-state index < -0.39 is 5.91 Å². The van der Waals surface area contributed by atoms with E-state index in [9.17, 15) is 4.79 Å². The molecule has 0 atom stereocenters. The summed E-state index contributed by atoms with van der Waals surface area (Å²) in [7, 11) is 0. The number of amides is 1. The molecule has 0 aliphatic rings. The summed E-state index contributed by atoms with van der Waals surface area (Å²) >= 11 is 0. The van der Waals surface area contributed by atoms with Crippen molar-refractivity contribution < 1.29 is 4.79 Å². The summed E-state index contributed by atoms with van der Waals surface area (Å²) in [5.41, 5.74) is 12.2. The number of hydrogen-bond acceptors (Lipinski definition) is 3. The average Bonchev–Trinajstić information content (AvgIpc) is 2.27. The third kappa shape index (κ3) is 3.96. The normalized spacial score (nSPS) is 12.6. The lowest BCUT2D eigenvalue weighted by Crippen LogP contribution is -2.20. The van der Waals surface area contributed by atoms with Crippen molar-refractivity contribution in [2.45, 2.75) is 13.5 Å². The third-order valence-corrected chi connectivity index (χ3v) is 2.00. The van der Waals surface area contributed by atoms with E-state index in [1.165, 1.54) is 6.08 Å². The molecule has 84 valence electrons. The zero-order valence-corrected chi connectivity index (χ0v) is 9.18. The molecule has 0 spiro atoms. The van der Waals surface area contributed by atoms with E-state index in [0.717, 1.165) is 5.56 Å². The molecule has 4 N–H and O–H groups in total. The number of nitrogens with two attached hydrogens (primary N) is 2. The molecule has 0 heterocycles. The Morgan fingerprint density at radius 1 is 1.31 bits per heavy atom. The lowest BCUT2D eigenvalue weighted by atomic mass is 10.2. The second-order valence-electron chi connectivity index (χ2n) is 3.41. The Kier molecular flexibility index (Phi) is 4.27. The molecule has 1 rings (SSSR count). The number of rotatable bonds is 4. The maximum atomic E-state index is 10.7. The second kappa shape index (κ2) is 5.70. The zero-order valence-electron chi connectivity index (χ0n) is 9.18. The highest BCUT2D eigenvalue weighted by Crippen LogP contribution is 2.00. The first-order valence-corrected chi connectivity index (χ1v) is 4.91. The van der Waals surface area contributed by atoms with Gasteiger partial charge in [0.25, 0.3) is 5.91 Å². The second-order valence-corrected chi connectivity index (χ2v) is 3.41. The van der Waals surface area contributed by atoms with Gasteiger partial charge in [0.1, 0.15) is 0 Å². The molecule has 1 aromatic carbocycles. The number of nitrogens with zero attached hydrogens (tertiary/aromatic N) is 1. The summed E-state index contributed by atoms with van der Waals surface area (Å²) in [4.78, 5) is 15.0. The van der Waals surface area contributed by atoms with Crippen LogP contribution in [0.3, 0.4) is 0 Å². The first kappa shape index (κ1) is 12.0. The van der Waals surface area contributed by atoms with Crippen molar-refractivity contribution in [2.75, 3.05) is 0 Å². The Bertz CT molecular complexity index is 421. The predicted octanol–water partition coefficient (Wildman–Crippen LogP) is 0.975. The van der Waals surface area contributed by atoms with Gasteiger partial charge in [0.05, 0.1) is 12.2 Å². The summed E-state index contributed by atoms with van der Waals surface area (Å²) in [6.07, 6.45) is 1.48. The Balaban J connectivity index is 2.65. The molecule has 4 nitrogen and oxygen atoms in total. The van der Waals surface area contributed by atoms with Crippen LogP contribution in [0, 0.1) is 0 Å². The number of carbonyl (C=O) groups is 1. The molecule has 1 amide bonds. The molecule has 0 saturated heterocycles. The van der Waals surface area contributed by atoms with Crippen LogP contribution >= 0.6 is 0 Å². The van der Waals surface area contributed by atoms with Gasteiger partial charge in [-0.25, -0.2) is 0 Å². The molecule has 0 aliphatic carbocycles. The summed E-state index contributed by atoms with van der Waals surface area (Å²) < 4.78 is 0. The number of aliphatic imine (C=N–C) groups is 1. The van der Waals surface area contributed by atoms with Crippen LogP contribution in [0.1, 0.15) is 12.5 Å². The summed E-state index contributed by atoms with van der Waals surface area (Å²) in [5, 5.41) is 0. The van der Waals surface area contributed by atoms with E-state index in [2.05, 4.69) is 4.99 Å². The quantitative estimate of drug-likeness (QED) is 0.582. The molecule has 0 unspecified atom stereocenters. The molecule has 1 aromatic rings.